The molecule has 0 aliphatic carbocycles. The number of piperidine rings is 1. The molecule has 1 fully saturated rings. The van der Waals surface area contributed by atoms with Gasteiger partial charge >= 0.3 is 0 Å². The minimum absolute atomic E-state index is 0.125. The van der Waals surface area contributed by atoms with Gasteiger partial charge in [-0.1, -0.05) is 0 Å². The van der Waals surface area contributed by atoms with E-state index in [-0.39, 0.29) is 41.3 Å². The fourth-order valence-corrected chi connectivity index (χ4v) is 2.86. The van der Waals surface area contributed by atoms with Crippen LogP contribution in [0, 0.1) is 16.0 Å². The lowest BCUT2D eigenvalue weighted by Crippen LogP contribution is -2.46. The first-order chi connectivity index (χ1) is 12.0. The van der Waals surface area contributed by atoms with E-state index in [1.54, 1.807) is 0 Å². The second-order valence-electron chi connectivity index (χ2n) is 5.81. The highest BCUT2D eigenvalue weighted by Crippen LogP contribution is 2.27. The zero-order valence-electron chi connectivity index (χ0n) is 14.1. The molecule has 1 atom stereocenters. The minimum Gasteiger partial charge on any atom is -0.496 e. The van der Waals surface area contributed by atoms with Crippen molar-refractivity contribution >= 4 is 17.5 Å². The number of nitrogens with two attached hydrogens (primary N) is 1. The minimum atomic E-state index is -0.560. The number of benzene rings is 1. The third kappa shape index (κ3) is 4.44. The van der Waals surface area contributed by atoms with Crippen molar-refractivity contribution < 1.29 is 19.2 Å². The number of nitro groups is 1. The third-order valence-corrected chi connectivity index (χ3v) is 4.15. The Kier molecular flexibility index (Phi) is 6.29. The Bertz CT molecular complexity index is 664. The molecule has 0 radical (unpaired) electrons. The Morgan fingerprint density at radius 1 is 1.48 bits per heavy atom. The molecule has 1 unspecified atom stereocenters. The number of nitro benzene ring substituents is 1. The van der Waals surface area contributed by atoms with E-state index < -0.39 is 4.92 Å². The van der Waals surface area contributed by atoms with E-state index >= 15 is 0 Å². The van der Waals surface area contributed by atoms with Crippen LogP contribution in [0.3, 0.4) is 0 Å². The highest BCUT2D eigenvalue weighted by Gasteiger charge is 2.30. The monoisotopic (exact) mass is 350 g/mol. The summed E-state index contributed by atoms with van der Waals surface area (Å²) in [7, 11) is 1.40. The molecule has 0 aromatic heterocycles. The summed E-state index contributed by atoms with van der Waals surface area (Å²) in [6.07, 6.45) is 1.37. The molecule has 0 bridgehead atoms. The summed E-state index contributed by atoms with van der Waals surface area (Å²) in [4.78, 5) is 36.9. The highest BCUT2D eigenvalue weighted by atomic mass is 16.6. The molecule has 25 heavy (non-hydrogen) atoms. The third-order valence-electron chi connectivity index (χ3n) is 4.15. The van der Waals surface area contributed by atoms with Crippen LogP contribution in [0.25, 0.3) is 0 Å². The Balaban J connectivity index is 2.17. The van der Waals surface area contributed by atoms with Gasteiger partial charge in [0.25, 0.3) is 11.6 Å². The predicted molar refractivity (Wildman–Crippen MR) is 90.3 cm³/mol. The Labute approximate surface area is 145 Å². The first kappa shape index (κ1) is 18.7. The Morgan fingerprint density at radius 3 is 2.88 bits per heavy atom. The number of likely N-dealkylation sites (tertiary alicyclic amines) is 1. The number of amides is 2. The molecule has 3 N–H and O–H groups in total. The molecular weight excluding hydrogens is 328 g/mol. The topological polar surface area (TPSA) is 128 Å². The smallest absolute Gasteiger partial charge is 0.270 e. The molecule has 0 spiro atoms. The average molecular weight is 350 g/mol. The first-order valence-corrected chi connectivity index (χ1v) is 8.07. The van der Waals surface area contributed by atoms with E-state index in [2.05, 4.69) is 5.32 Å². The van der Waals surface area contributed by atoms with Crippen LogP contribution in [0.4, 0.5) is 5.69 Å². The van der Waals surface area contributed by atoms with Crippen LogP contribution >= 0.6 is 0 Å². The summed E-state index contributed by atoms with van der Waals surface area (Å²) >= 11 is 0. The van der Waals surface area contributed by atoms with E-state index in [1.165, 1.54) is 30.2 Å². The zero-order chi connectivity index (χ0) is 18.4. The molecule has 1 saturated heterocycles. The van der Waals surface area contributed by atoms with E-state index in [9.17, 15) is 19.7 Å². The molecule has 1 aliphatic rings. The SMILES string of the molecule is COc1ccc([N+](=O)[O-])cc1C(=O)N1CCCC(C(=O)NCCN)C1. The van der Waals surface area contributed by atoms with Crippen LogP contribution in [0.2, 0.25) is 0 Å². The number of hydrogen-bond donors (Lipinski definition) is 2. The van der Waals surface area contributed by atoms with Crippen LogP contribution in [0.5, 0.6) is 5.75 Å². The molecule has 1 aromatic carbocycles. The summed E-state index contributed by atoms with van der Waals surface area (Å²) in [5.74, 6) is -0.551. The fraction of sp³-hybridized carbons (Fsp3) is 0.500. The van der Waals surface area contributed by atoms with E-state index in [1.807, 2.05) is 0 Å². The summed E-state index contributed by atoms with van der Waals surface area (Å²) in [6.45, 7) is 1.50. The van der Waals surface area contributed by atoms with Gasteiger partial charge in [0.2, 0.25) is 5.91 Å². The number of non-ortho nitro benzene ring substituents is 1. The maximum atomic E-state index is 12.8. The molecule has 2 amide bonds. The van der Waals surface area contributed by atoms with Crippen molar-refractivity contribution in [2.75, 3.05) is 33.3 Å². The molecule has 136 valence electrons. The molecule has 1 aliphatic heterocycles. The van der Waals surface area contributed by atoms with Gasteiger partial charge in [0, 0.05) is 38.3 Å². The van der Waals surface area contributed by atoms with Gasteiger partial charge in [0.05, 0.1) is 23.5 Å². The molecule has 1 heterocycles. The molecule has 2 rings (SSSR count). The van der Waals surface area contributed by atoms with Gasteiger partial charge in [-0.3, -0.25) is 19.7 Å². The van der Waals surface area contributed by atoms with E-state index in [0.717, 1.165) is 0 Å². The standard InChI is InChI=1S/C16H22N4O5/c1-25-14-5-4-12(20(23)24)9-13(14)16(22)19-8-2-3-11(10-19)15(21)18-7-6-17/h4-5,9,11H,2-3,6-8,10,17H2,1H3,(H,18,21). The van der Waals surface area contributed by atoms with Crippen molar-refractivity contribution in [3.8, 4) is 5.75 Å². The lowest BCUT2D eigenvalue weighted by Gasteiger charge is -2.32. The predicted octanol–water partition coefficient (Wildman–Crippen LogP) is 0.531. The number of rotatable bonds is 6. The number of ether oxygens (including phenoxy) is 1. The fourth-order valence-electron chi connectivity index (χ4n) is 2.86. The van der Waals surface area contributed by atoms with Gasteiger partial charge in [0.15, 0.2) is 0 Å². The highest BCUT2D eigenvalue weighted by molar-refractivity contribution is 5.98. The number of nitrogens with zero attached hydrogens (tertiary/aromatic N) is 2. The second-order valence-corrected chi connectivity index (χ2v) is 5.81. The van der Waals surface area contributed by atoms with E-state index in [0.29, 0.717) is 32.5 Å². The van der Waals surface area contributed by atoms with Gasteiger partial charge in [0.1, 0.15) is 5.75 Å². The Morgan fingerprint density at radius 2 is 2.24 bits per heavy atom. The van der Waals surface area contributed by atoms with Gasteiger partial charge < -0.3 is 20.7 Å². The quantitative estimate of drug-likeness (QED) is 0.569. The second kappa shape index (κ2) is 8.43. The van der Waals surface area contributed by atoms with Crippen molar-refractivity contribution in [1.29, 1.82) is 0 Å². The van der Waals surface area contributed by atoms with Gasteiger partial charge in [-0.15, -0.1) is 0 Å². The number of methoxy groups -OCH3 is 1. The van der Waals surface area contributed by atoms with Crippen LogP contribution < -0.4 is 15.8 Å². The summed E-state index contributed by atoms with van der Waals surface area (Å²) in [5, 5.41) is 13.7. The van der Waals surface area contributed by atoms with Crippen LogP contribution in [0.15, 0.2) is 18.2 Å². The molecular formula is C16H22N4O5. The lowest BCUT2D eigenvalue weighted by molar-refractivity contribution is -0.384. The van der Waals surface area contributed by atoms with Crippen LogP contribution in [0.1, 0.15) is 23.2 Å². The van der Waals surface area contributed by atoms with Gasteiger partial charge in [-0.2, -0.15) is 0 Å². The number of carbonyl (C=O) groups is 2. The molecule has 0 saturated carbocycles. The van der Waals surface area contributed by atoms with Gasteiger partial charge in [-0.05, 0) is 18.9 Å². The summed E-state index contributed by atoms with van der Waals surface area (Å²) in [6, 6.07) is 3.90. The number of hydrogen-bond acceptors (Lipinski definition) is 6. The number of nitrogens with one attached hydrogen (secondary N) is 1. The zero-order valence-corrected chi connectivity index (χ0v) is 14.1. The first-order valence-electron chi connectivity index (χ1n) is 8.07. The molecule has 9 heteroatoms. The number of carbonyl (C=O) groups excluding carboxylic acids is 2. The molecule has 1 aromatic rings. The molecule has 9 nitrogen and oxygen atoms in total. The maximum absolute atomic E-state index is 12.8. The van der Waals surface area contributed by atoms with Crippen molar-refractivity contribution in [3.05, 3.63) is 33.9 Å². The van der Waals surface area contributed by atoms with Crippen molar-refractivity contribution in [2.24, 2.45) is 11.7 Å². The van der Waals surface area contributed by atoms with E-state index in [4.69, 9.17) is 10.5 Å². The lowest BCUT2D eigenvalue weighted by atomic mass is 9.96. The van der Waals surface area contributed by atoms with Crippen LogP contribution in [-0.2, 0) is 4.79 Å². The summed E-state index contributed by atoms with van der Waals surface area (Å²) < 4.78 is 5.16. The maximum Gasteiger partial charge on any atom is 0.270 e. The largest absolute Gasteiger partial charge is 0.496 e. The summed E-state index contributed by atoms with van der Waals surface area (Å²) in [5.41, 5.74) is 5.32. The van der Waals surface area contributed by atoms with Crippen molar-refractivity contribution in [3.63, 3.8) is 0 Å². The average Bonchev–Trinajstić information content (AvgIpc) is 2.64. The van der Waals surface area contributed by atoms with Gasteiger partial charge in [-0.25, -0.2) is 0 Å². The Hall–Kier alpha value is -2.68. The van der Waals surface area contributed by atoms with Crippen molar-refractivity contribution in [2.45, 2.75) is 12.8 Å². The normalized spacial score (nSPS) is 17.0. The van der Waals surface area contributed by atoms with Crippen molar-refractivity contribution in [1.82, 2.24) is 10.2 Å². The van der Waals surface area contributed by atoms with Crippen LogP contribution in [-0.4, -0.2) is 54.9 Å².